The van der Waals surface area contributed by atoms with Crippen LogP contribution in [0.4, 0.5) is 13.2 Å². The van der Waals surface area contributed by atoms with Gasteiger partial charge in [0.2, 0.25) is 5.91 Å². The third kappa shape index (κ3) is 4.89. The van der Waals surface area contributed by atoms with Gasteiger partial charge in [-0.1, -0.05) is 26.0 Å². The van der Waals surface area contributed by atoms with Gasteiger partial charge in [-0.25, -0.2) is 4.68 Å². The fourth-order valence-corrected chi connectivity index (χ4v) is 4.15. The summed E-state index contributed by atoms with van der Waals surface area (Å²) >= 11 is 0. The Balaban J connectivity index is 1.62. The molecule has 2 aromatic heterocycles. The standard InChI is InChI=1S/C26H27F3N4O2/c1-15(2)17-6-5-7-18(10-17)33-19(11-24(31-33)26(27,28)29)13-30-25(35)16(3)22-14-32(4)23-9-8-20(34)12-21(22)23/h5-12,14-16,34H,13H2,1-4H3,(H,30,35). The highest BCUT2D eigenvalue weighted by atomic mass is 19.4. The lowest BCUT2D eigenvalue weighted by Crippen LogP contribution is -2.28. The number of carbonyl (C=O) groups is 1. The van der Waals surface area contributed by atoms with Crippen molar-refractivity contribution in [2.24, 2.45) is 7.05 Å². The molecule has 0 aliphatic carbocycles. The van der Waals surface area contributed by atoms with Crippen molar-refractivity contribution in [3.8, 4) is 11.4 Å². The van der Waals surface area contributed by atoms with Crippen LogP contribution in [-0.2, 0) is 24.6 Å². The van der Waals surface area contributed by atoms with Crippen LogP contribution in [0.2, 0.25) is 0 Å². The number of carbonyl (C=O) groups excluding carboxylic acids is 1. The molecule has 4 rings (SSSR count). The van der Waals surface area contributed by atoms with Crippen LogP contribution >= 0.6 is 0 Å². The largest absolute Gasteiger partial charge is 0.508 e. The van der Waals surface area contributed by atoms with Crippen LogP contribution in [0, 0.1) is 0 Å². The van der Waals surface area contributed by atoms with E-state index in [0.29, 0.717) is 11.3 Å². The Morgan fingerprint density at radius 3 is 2.54 bits per heavy atom. The Kier molecular flexibility index (Phi) is 6.36. The van der Waals surface area contributed by atoms with Crippen LogP contribution in [0.3, 0.4) is 0 Å². The van der Waals surface area contributed by atoms with E-state index in [2.05, 4.69) is 10.4 Å². The number of nitrogens with zero attached hydrogens (tertiary/aromatic N) is 3. The van der Waals surface area contributed by atoms with Gasteiger partial charge in [-0.2, -0.15) is 18.3 Å². The number of halogens is 3. The highest BCUT2D eigenvalue weighted by molar-refractivity contribution is 5.92. The highest BCUT2D eigenvalue weighted by Gasteiger charge is 2.35. The average Bonchev–Trinajstić information content (AvgIpc) is 3.38. The minimum atomic E-state index is -4.61. The molecular formula is C26H27F3N4O2. The molecule has 1 amide bonds. The zero-order valence-corrected chi connectivity index (χ0v) is 19.9. The lowest BCUT2D eigenvalue weighted by Gasteiger charge is -2.14. The van der Waals surface area contributed by atoms with Crippen molar-refractivity contribution in [1.29, 1.82) is 0 Å². The number of aryl methyl sites for hydroxylation is 1. The zero-order valence-electron chi connectivity index (χ0n) is 19.9. The molecule has 0 spiro atoms. The lowest BCUT2D eigenvalue weighted by atomic mass is 9.99. The first-order valence-corrected chi connectivity index (χ1v) is 11.3. The van der Waals surface area contributed by atoms with Crippen molar-refractivity contribution in [2.45, 2.75) is 45.3 Å². The molecule has 0 radical (unpaired) electrons. The number of phenolic OH excluding ortho intramolecular Hbond substituents is 1. The fourth-order valence-electron chi connectivity index (χ4n) is 4.15. The zero-order chi connectivity index (χ0) is 25.5. The van der Waals surface area contributed by atoms with Crippen molar-refractivity contribution in [3.05, 3.63) is 77.2 Å². The van der Waals surface area contributed by atoms with E-state index in [1.165, 1.54) is 4.68 Å². The number of rotatable bonds is 6. The Labute approximate surface area is 201 Å². The number of phenols is 1. The number of hydrogen-bond donors (Lipinski definition) is 2. The minimum absolute atomic E-state index is 0.0877. The molecule has 2 heterocycles. The molecule has 4 aromatic rings. The first-order chi connectivity index (χ1) is 16.5. The third-order valence-electron chi connectivity index (χ3n) is 6.16. The van der Waals surface area contributed by atoms with Gasteiger partial charge in [0.1, 0.15) is 5.75 Å². The Bertz CT molecular complexity index is 1390. The Morgan fingerprint density at radius 2 is 1.86 bits per heavy atom. The van der Waals surface area contributed by atoms with Gasteiger partial charge >= 0.3 is 6.18 Å². The summed E-state index contributed by atoms with van der Waals surface area (Å²) in [6.45, 7) is 5.59. The topological polar surface area (TPSA) is 72.1 Å². The number of nitrogens with one attached hydrogen (secondary N) is 1. The summed E-state index contributed by atoms with van der Waals surface area (Å²) in [7, 11) is 1.84. The molecule has 2 N–H and O–H groups in total. The van der Waals surface area contributed by atoms with Gasteiger partial charge in [-0.15, -0.1) is 0 Å². The summed E-state index contributed by atoms with van der Waals surface area (Å²) in [5.74, 6) is -0.664. The molecule has 2 aromatic carbocycles. The summed E-state index contributed by atoms with van der Waals surface area (Å²) in [6, 6.07) is 13.1. The molecular weight excluding hydrogens is 457 g/mol. The van der Waals surface area contributed by atoms with E-state index in [1.54, 1.807) is 43.3 Å². The fraction of sp³-hybridized carbons (Fsp3) is 0.308. The number of benzene rings is 2. The van der Waals surface area contributed by atoms with Gasteiger partial charge in [0.25, 0.3) is 0 Å². The number of alkyl halides is 3. The van der Waals surface area contributed by atoms with Crippen molar-refractivity contribution in [1.82, 2.24) is 19.7 Å². The van der Waals surface area contributed by atoms with Crippen LogP contribution in [0.5, 0.6) is 5.75 Å². The SMILES string of the molecule is CC(C)c1cccc(-n2nc(C(F)(F)F)cc2CNC(=O)C(C)c2cn(C)c3ccc(O)cc23)c1. The van der Waals surface area contributed by atoms with E-state index in [1.807, 2.05) is 37.7 Å². The lowest BCUT2D eigenvalue weighted by molar-refractivity contribution is -0.141. The third-order valence-corrected chi connectivity index (χ3v) is 6.16. The smallest absolute Gasteiger partial charge is 0.435 e. The highest BCUT2D eigenvalue weighted by Crippen LogP contribution is 2.32. The van der Waals surface area contributed by atoms with Gasteiger partial charge in [-0.3, -0.25) is 4.79 Å². The van der Waals surface area contributed by atoms with Gasteiger partial charge in [-0.05, 0) is 60.4 Å². The quantitative estimate of drug-likeness (QED) is 0.373. The van der Waals surface area contributed by atoms with Gasteiger partial charge in [0.15, 0.2) is 5.69 Å². The van der Waals surface area contributed by atoms with Crippen LogP contribution in [0.15, 0.2) is 54.7 Å². The van der Waals surface area contributed by atoms with Gasteiger partial charge < -0.3 is 15.0 Å². The number of fused-ring (bicyclic) bond motifs is 1. The van der Waals surface area contributed by atoms with Crippen molar-refractivity contribution >= 4 is 16.8 Å². The van der Waals surface area contributed by atoms with E-state index in [-0.39, 0.29) is 29.8 Å². The number of aromatic hydroxyl groups is 1. The van der Waals surface area contributed by atoms with Gasteiger partial charge in [0, 0.05) is 24.1 Å². The summed E-state index contributed by atoms with van der Waals surface area (Å²) in [6.07, 6.45) is -2.80. The molecule has 0 saturated heterocycles. The number of amides is 1. The van der Waals surface area contributed by atoms with E-state index in [4.69, 9.17) is 0 Å². The molecule has 0 saturated carbocycles. The molecule has 0 bridgehead atoms. The molecule has 0 fully saturated rings. The monoisotopic (exact) mass is 484 g/mol. The summed E-state index contributed by atoms with van der Waals surface area (Å²) in [5, 5.41) is 17.2. The second-order valence-corrected chi connectivity index (χ2v) is 9.02. The van der Waals surface area contributed by atoms with E-state index < -0.39 is 17.8 Å². The van der Waals surface area contributed by atoms with Crippen molar-refractivity contribution in [3.63, 3.8) is 0 Å². The number of hydrogen-bond acceptors (Lipinski definition) is 3. The molecule has 1 unspecified atom stereocenters. The average molecular weight is 485 g/mol. The molecule has 184 valence electrons. The predicted molar refractivity (Wildman–Crippen MR) is 128 cm³/mol. The minimum Gasteiger partial charge on any atom is -0.508 e. The molecule has 35 heavy (non-hydrogen) atoms. The van der Waals surface area contributed by atoms with Gasteiger partial charge in [0.05, 0.1) is 23.8 Å². The molecule has 0 aliphatic heterocycles. The molecule has 1 atom stereocenters. The first-order valence-electron chi connectivity index (χ1n) is 11.3. The molecule has 6 nitrogen and oxygen atoms in total. The predicted octanol–water partition coefficient (Wildman–Crippen LogP) is 5.63. The van der Waals surface area contributed by atoms with E-state index in [9.17, 15) is 23.1 Å². The first kappa shape index (κ1) is 24.4. The van der Waals surface area contributed by atoms with Crippen molar-refractivity contribution in [2.75, 3.05) is 0 Å². The number of aromatic nitrogens is 3. The van der Waals surface area contributed by atoms with Crippen LogP contribution < -0.4 is 5.32 Å². The second kappa shape index (κ2) is 9.13. The Hall–Kier alpha value is -3.75. The van der Waals surface area contributed by atoms with Crippen LogP contribution in [0.25, 0.3) is 16.6 Å². The molecule has 9 heteroatoms. The summed E-state index contributed by atoms with van der Waals surface area (Å²) < 4.78 is 43.4. The normalized spacial score (nSPS) is 12.9. The summed E-state index contributed by atoms with van der Waals surface area (Å²) in [4.78, 5) is 13.0. The van der Waals surface area contributed by atoms with Crippen LogP contribution in [0.1, 0.15) is 55.1 Å². The van der Waals surface area contributed by atoms with Crippen molar-refractivity contribution < 1.29 is 23.1 Å². The maximum Gasteiger partial charge on any atom is 0.435 e. The van der Waals surface area contributed by atoms with E-state index >= 15 is 0 Å². The van der Waals surface area contributed by atoms with Crippen LogP contribution in [-0.4, -0.2) is 25.4 Å². The maximum atomic E-state index is 13.5. The summed E-state index contributed by atoms with van der Waals surface area (Å²) in [5.41, 5.74) is 2.23. The molecule has 0 aliphatic rings. The van der Waals surface area contributed by atoms with E-state index in [0.717, 1.165) is 22.5 Å². The second-order valence-electron chi connectivity index (χ2n) is 9.02. The Morgan fingerprint density at radius 1 is 1.11 bits per heavy atom. The maximum absolute atomic E-state index is 13.5.